The molecule has 0 saturated carbocycles. The predicted molar refractivity (Wildman–Crippen MR) is 266 cm³/mol. The van der Waals surface area contributed by atoms with E-state index in [-0.39, 0.29) is 12.5 Å². The van der Waals surface area contributed by atoms with Crippen LogP contribution in [0.2, 0.25) is 0 Å². The minimum atomic E-state index is -0.847. The molecule has 0 saturated heterocycles. The Morgan fingerprint density at radius 3 is 1.10 bits per heavy atom. The van der Waals surface area contributed by atoms with Crippen molar-refractivity contribution in [1.82, 2.24) is 5.32 Å². The van der Waals surface area contributed by atoms with Gasteiger partial charge in [0, 0.05) is 6.42 Å². The van der Waals surface area contributed by atoms with Crippen molar-refractivity contribution in [3.05, 3.63) is 122 Å². The number of hydrogen-bond acceptors (Lipinski definition) is 3. The fraction of sp³-hybridized carbons (Fsp3) is 0.625. The summed E-state index contributed by atoms with van der Waals surface area (Å²) < 4.78 is 0. The molecule has 0 fully saturated rings. The van der Waals surface area contributed by atoms with Crippen LogP contribution in [0.1, 0.15) is 206 Å². The van der Waals surface area contributed by atoms with Gasteiger partial charge in [-0.05, 0) is 89.9 Å². The van der Waals surface area contributed by atoms with Gasteiger partial charge in [0.2, 0.25) is 5.91 Å². The van der Waals surface area contributed by atoms with Crippen molar-refractivity contribution in [1.29, 1.82) is 0 Å². The summed E-state index contributed by atoms with van der Waals surface area (Å²) in [5.41, 5.74) is 0. The third-order valence-electron chi connectivity index (χ3n) is 10.5. The molecule has 0 rings (SSSR count). The van der Waals surface area contributed by atoms with Crippen LogP contribution in [0.5, 0.6) is 0 Å². The molecule has 0 aromatic rings. The predicted octanol–water partition coefficient (Wildman–Crippen LogP) is 16.1. The smallest absolute Gasteiger partial charge is 0.220 e. The Morgan fingerprint density at radius 2 is 0.733 bits per heavy atom. The lowest BCUT2D eigenvalue weighted by atomic mass is 10.0. The second-order valence-electron chi connectivity index (χ2n) is 16.1. The first-order valence-corrected chi connectivity index (χ1v) is 24.7. The second-order valence-corrected chi connectivity index (χ2v) is 16.1. The second kappa shape index (κ2) is 50.1. The normalized spacial score (nSPS) is 14.0. The van der Waals surface area contributed by atoms with E-state index in [4.69, 9.17) is 0 Å². The van der Waals surface area contributed by atoms with Crippen LogP contribution in [0, 0.1) is 0 Å². The average molecular weight is 828 g/mol. The fourth-order valence-corrected chi connectivity index (χ4v) is 6.70. The zero-order valence-electron chi connectivity index (χ0n) is 38.9. The number of hydrogen-bond donors (Lipinski definition) is 3. The number of nitrogens with one attached hydrogen (secondary N) is 1. The summed E-state index contributed by atoms with van der Waals surface area (Å²) in [6, 6.07) is -0.632. The van der Waals surface area contributed by atoms with Crippen molar-refractivity contribution < 1.29 is 15.0 Å². The van der Waals surface area contributed by atoms with E-state index in [9.17, 15) is 15.0 Å². The van der Waals surface area contributed by atoms with Gasteiger partial charge in [0.25, 0.3) is 0 Å². The molecular weight excluding hydrogens is 735 g/mol. The quantitative estimate of drug-likeness (QED) is 0.0424. The molecular formula is C56H93NO3. The highest BCUT2D eigenvalue weighted by Gasteiger charge is 2.17. The Morgan fingerprint density at radius 1 is 0.417 bits per heavy atom. The molecule has 0 aliphatic rings. The Bertz CT molecular complexity index is 1210. The van der Waals surface area contributed by atoms with Crippen molar-refractivity contribution in [2.75, 3.05) is 6.61 Å². The van der Waals surface area contributed by atoms with Gasteiger partial charge >= 0.3 is 0 Å². The molecule has 0 spiro atoms. The molecule has 0 aliphatic carbocycles. The van der Waals surface area contributed by atoms with E-state index < -0.39 is 12.1 Å². The number of unbranched alkanes of at least 4 members (excludes halogenated alkanes) is 18. The minimum Gasteiger partial charge on any atom is -0.394 e. The van der Waals surface area contributed by atoms with E-state index in [1.54, 1.807) is 6.08 Å². The highest BCUT2D eigenvalue weighted by atomic mass is 16.3. The third-order valence-corrected chi connectivity index (χ3v) is 10.5. The summed E-state index contributed by atoms with van der Waals surface area (Å²) in [5.74, 6) is -0.0777. The molecule has 1 amide bonds. The summed E-state index contributed by atoms with van der Waals surface area (Å²) in [6.45, 7) is 4.16. The van der Waals surface area contributed by atoms with E-state index in [0.29, 0.717) is 6.42 Å². The lowest BCUT2D eigenvalue weighted by molar-refractivity contribution is -0.123. The van der Waals surface area contributed by atoms with Gasteiger partial charge in [-0.25, -0.2) is 0 Å². The van der Waals surface area contributed by atoms with Crippen molar-refractivity contribution >= 4 is 5.91 Å². The molecule has 3 N–H and O–H groups in total. The molecule has 60 heavy (non-hydrogen) atoms. The third kappa shape index (κ3) is 45.9. The van der Waals surface area contributed by atoms with Crippen LogP contribution < -0.4 is 5.32 Å². The maximum absolute atomic E-state index is 12.4. The summed E-state index contributed by atoms with van der Waals surface area (Å²) in [7, 11) is 0. The zero-order chi connectivity index (χ0) is 43.5. The molecule has 340 valence electrons. The summed E-state index contributed by atoms with van der Waals surface area (Å²) in [4.78, 5) is 12.4. The minimum absolute atomic E-state index is 0.0777. The van der Waals surface area contributed by atoms with Crippen LogP contribution in [0.4, 0.5) is 0 Å². The van der Waals surface area contributed by atoms with Gasteiger partial charge in [0.05, 0.1) is 18.8 Å². The summed E-state index contributed by atoms with van der Waals surface area (Å²) in [5, 5.41) is 23.0. The van der Waals surface area contributed by atoms with E-state index in [1.807, 2.05) is 6.08 Å². The van der Waals surface area contributed by atoms with E-state index in [1.165, 1.54) is 96.3 Å². The Kier molecular flexibility index (Phi) is 47.5. The summed E-state index contributed by atoms with van der Waals surface area (Å²) in [6.07, 6.45) is 77.5. The van der Waals surface area contributed by atoms with E-state index >= 15 is 0 Å². The van der Waals surface area contributed by atoms with Crippen molar-refractivity contribution in [3.63, 3.8) is 0 Å². The number of carbonyl (C=O) groups excluding carboxylic acids is 1. The number of allylic oxidation sites excluding steroid dienone is 19. The monoisotopic (exact) mass is 828 g/mol. The molecule has 4 heteroatoms. The first kappa shape index (κ1) is 56.8. The molecule has 0 aliphatic heterocycles. The molecule has 0 aromatic carbocycles. The molecule has 4 nitrogen and oxygen atoms in total. The van der Waals surface area contributed by atoms with Gasteiger partial charge in [0.15, 0.2) is 0 Å². The maximum atomic E-state index is 12.4. The first-order chi connectivity index (χ1) is 29.7. The lowest BCUT2D eigenvalue weighted by Crippen LogP contribution is -2.45. The van der Waals surface area contributed by atoms with Crippen LogP contribution in [0.15, 0.2) is 122 Å². The van der Waals surface area contributed by atoms with Gasteiger partial charge in [-0.2, -0.15) is 0 Å². The molecule has 2 atom stereocenters. The van der Waals surface area contributed by atoms with Gasteiger partial charge < -0.3 is 15.5 Å². The highest BCUT2D eigenvalue weighted by Crippen LogP contribution is 2.13. The van der Waals surface area contributed by atoms with Crippen LogP contribution in [0.25, 0.3) is 0 Å². The molecule has 0 heterocycles. The number of aliphatic hydroxyl groups excluding tert-OH is 2. The Labute approximate surface area is 371 Å². The van der Waals surface area contributed by atoms with Crippen LogP contribution in [-0.2, 0) is 4.79 Å². The number of aliphatic hydroxyl groups is 2. The van der Waals surface area contributed by atoms with Crippen molar-refractivity contribution in [2.24, 2.45) is 0 Å². The SMILES string of the molecule is CC/C=C\C/C=C\C/C=C\C/C=C\C/C=C\C/C=C\C/C=C\C/C=C\C/C=C\CCCCCCCCCCCC(=O)NC(CO)C(O)/C=C/CCCCCCCCCCC. The molecule has 0 radical (unpaired) electrons. The number of rotatable bonds is 43. The van der Waals surface area contributed by atoms with Crippen LogP contribution >= 0.6 is 0 Å². The number of carbonyl (C=O) groups is 1. The molecule has 0 bridgehead atoms. The van der Waals surface area contributed by atoms with Gasteiger partial charge in [-0.3, -0.25) is 4.79 Å². The first-order valence-electron chi connectivity index (χ1n) is 24.7. The zero-order valence-corrected chi connectivity index (χ0v) is 38.9. The van der Waals surface area contributed by atoms with E-state index in [2.05, 4.69) is 129 Å². The average Bonchev–Trinajstić information content (AvgIpc) is 3.25. The molecule has 0 aromatic heterocycles. The van der Waals surface area contributed by atoms with Gasteiger partial charge in [0.1, 0.15) is 0 Å². The lowest BCUT2D eigenvalue weighted by Gasteiger charge is -2.20. The molecule has 2 unspecified atom stereocenters. The van der Waals surface area contributed by atoms with Gasteiger partial charge in [-0.1, -0.05) is 232 Å². The summed E-state index contributed by atoms with van der Waals surface area (Å²) >= 11 is 0. The largest absolute Gasteiger partial charge is 0.394 e. The number of amides is 1. The van der Waals surface area contributed by atoms with Crippen LogP contribution in [0.3, 0.4) is 0 Å². The van der Waals surface area contributed by atoms with Gasteiger partial charge in [-0.15, -0.1) is 0 Å². The van der Waals surface area contributed by atoms with Crippen molar-refractivity contribution in [3.8, 4) is 0 Å². The Hall–Kier alpha value is -3.21. The van der Waals surface area contributed by atoms with Crippen molar-refractivity contribution in [2.45, 2.75) is 219 Å². The highest BCUT2D eigenvalue weighted by molar-refractivity contribution is 5.76. The fourth-order valence-electron chi connectivity index (χ4n) is 6.70. The van der Waals surface area contributed by atoms with E-state index in [0.717, 1.165) is 89.9 Å². The maximum Gasteiger partial charge on any atom is 0.220 e. The Balaban J connectivity index is 3.63. The standard InChI is InChI=1S/C56H93NO3/c1-3-5-7-9-11-13-15-16-17-18-19-20-21-22-23-24-25-26-27-28-29-30-31-32-33-34-35-36-37-38-39-40-42-44-46-48-50-52-56(60)57-54(53-58)55(59)51-49-47-45-43-41-14-12-10-8-6-4-2/h5,7,11,13,16-17,19-20,22-23,25-26,28-29,31-32,34-35,49,51,54-55,58-59H,3-4,6,8-10,12,14-15,18,21,24,27,30,33,36-48,50,52-53H2,1-2H3,(H,57,60)/b7-5-,13-11-,17-16-,20-19-,23-22-,26-25-,29-28-,32-31-,35-34-,51-49+. The topological polar surface area (TPSA) is 69.6 Å². The van der Waals surface area contributed by atoms with Crippen LogP contribution in [-0.4, -0.2) is 34.9 Å².